The van der Waals surface area contributed by atoms with E-state index in [1.165, 1.54) is 11.8 Å². The molecule has 10 heteroatoms. The maximum Gasteiger partial charge on any atom is 0.232 e. The lowest BCUT2D eigenvalue weighted by Gasteiger charge is -2.28. The average molecular weight is 496 g/mol. The number of aryl methyl sites for hydroxylation is 1. The van der Waals surface area contributed by atoms with Gasteiger partial charge in [0.05, 0.1) is 30.7 Å². The molecule has 1 N–H and O–H groups in total. The van der Waals surface area contributed by atoms with Crippen molar-refractivity contribution in [3.63, 3.8) is 0 Å². The highest BCUT2D eigenvalue weighted by atomic mass is 32.2. The molecule has 0 unspecified atom stereocenters. The number of amides is 1. The highest BCUT2D eigenvalue weighted by molar-refractivity contribution is 7.99. The Morgan fingerprint density at radius 3 is 2.66 bits per heavy atom. The van der Waals surface area contributed by atoms with E-state index in [0.29, 0.717) is 37.3 Å². The summed E-state index contributed by atoms with van der Waals surface area (Å²) in [5.41, 5.74) is 3.08. The molecular weight excluding hydrogens is 466 g/mol. The third-order valence-corrected chi connectivity index (χ3v) is 6.88. The molecule has 3 heterocycles. The first-order valence-corrected chi connectivity index (χ1v) is 12.7. The molecule has 2 aliphatic heterocycles. The fraction of sp³-hybridized carbons (Fsp3) is 0.400. The van der Waals surface area contributed by atoms with Crippen LogP contribution in [-0.4, -0.2) is 65.9 Å². The van der Waals surface area contributed by atoms with E-state index in [1.807, 2.05) is 41.8 Å². The maximum absolute atomic E-state index is 12.8. The Hall–Kier alpha value is -3.24. The molecule has 0 aliphatic carbocycles. The molecule has 35 heavy (non-hydrogen) atoms. The molecule has 2 aromatic carbocycles. The van der Waals surface area contributed by atoms with Crippen LogP contribution in [-0.2, 0) is 9.53 Å². The minimum atomic E-state index is -0.169. The van der Waals surface area contributed by atoms with Crippen LogP contribution in [0.1, 0.15) is 24.1 Å². The summed E-state index contributed by atoms with van der Waals surface area (Å²) < 4.78 is 18.8. The molecule has 1 fully saturated rings. The van der Waals surface area contributed by atoms with E-state index in [2.05, 4.69) is 39.5 Å². The monoisotopic (exact) mass is 495 g/mol. The first kappa shape index (κ1) is 23.5. The molecule has 0 spiro atoms. The van der Waals surface area contributed by atoms with Crippen molar-refractivity contribution in [1.29, 1.82) is 0 Å². The van der Waals surface area contributed by atoms with Gasteiger partial charge in [0.2, 0.25) is 11.9 Å². The van der Waals surface area contributed by atoms with Gasteiger partial charge in [-0.3, -0.25) is 9.36 Å². The molecule has 5 rings (SSSR count). The van der Waals surface area contributed by atoms with Crippen molar-refractivity contribution in [2.24, 2.45) is 0 Å². The number of hydrogen-bond donors (Lipinski definition) is 1. The van der Waals surface area contributed by atoms with E-state index in [1.54, 1.807) is 0 Å². The van der Waals surface area contributed by atoms with E-state index in [0.717, 1.165) is 41.6 Å². The lowest BCUT2D eigenvalue weighted by molar-refractivity contribution is -0.119. The van der Waals surface area contributed by atoms with Crippen molar-refractivity contribution in [2.45, 2.75) is 25.0 Å². The van der Waals surface area contributed by atoms with Gasteiger partial charge in [-0.05, 0) is 49.2 Å². The minimum Gasteiger partial charge on any atom is -0.486 e. The highest BCUT2D eigenvalue weighted by Gasteiger charge is 2.23. The Bertz CT molecular complexity index is 1190. The number of fused-ring (bicyclic) bond motifs is 1. The largest absolute Gasteiger partial charge is 0.486 e. The van der Waals surface area contributed by atoms with Gasteiger partial charge in [0.25, 0.3) is 0 Å². The summed E-state index contributed by atoms with van der Waals surface area (Å²) in [6.07, 6.45) is 0. The van der Waals surface area contributed by atoms with E-state index < -0.39 is 0 Å². The smallest absolute Gasteiger partial charge is 0.232 e. The third kappa shape index (κ3) is 5.38. The number of carbonyl (C=O) groups excluding carboxylic acids is 1. The van der Waals surface area contributed by atoms with Crippen LogP contribution < -0.4 is 19.7 Å². The van der Waals surface area contributed by atoms with Crippen LogP contribution in [0.4, 0.5) is 5.95 Å². The van der Waals surface area contributed by atoms with Crippen LogP contribution >= 0.6 is 11.8 Å². The van der Waals surface area contributed by atoms with Gasteiger partial charge in [0.1, 0.15) is 13.2 Å². The Morgan fingerprint density at radius 1 is 1.06 bits per heavy atom. The van der Waals surface area contributed by atoms with Gasteiger partial charge in [0.15, 0.2) is 16.7 Å². The quantitative estimate of drug-likeness (QED) is 0.500. The van der Waals surface area contributed by atoms with Gasteiger partial charge in [0, 0.05) is 13.1 Å². The number of anilines is 1. The Balaban J connectivity index is 1.29. The molecule has 3 aromatic rings. The zero-order valence-corrected chi connectivity index (χ0v) is 20.7. The van der Waals surface area contributed by atoms with Crippen LogP contribution in [0.15, 0.2) is 47.6 Å². The molecule has 0 bridgehead atoms. The van der Waals surface area contributed by atoms with E-state index in [9.17, 15) is 4.79 Å². The number of rotatable bonds is 7. The maximum atomic E-state index is 12.8. The molecule has 9 nitrogen and oxygen atoms in total. The molecule has 1 aromatic heterocycles. The summed E-state index contributed by atoms with van der Waals surface area (Å²) in [5.74, 6) is 2.37. The van der Waals surface area contributed by atoms with Crippen LogP contribution in [0.2, 0.25) is 0 Å². The van der Waals surface area contributed by atoms with Crippen LogP contribution in [0.3, 0.4) is 0 Å². The molecule has 1 amide bonds. The number of nitrogens with one attached hydrogen (secondary N) is 1. The number of benzene rings is 2. The zero-order valence-electron chi connectivity index (χ0n) is 19.9. The van der Waals surface area contributed by atoms with Crippen LogP contribution in [0.5, 0.6) is 11.5 Å². The Labute approximate surface area is 208 Å². The molecular formula is C25H29N5O4S. The van der Waals surface area contributed by atoms with Gasteiger partial charge in [-0.25, -0.2) is 0 Å². The number of carbonyl (C=O) groups is 1. The minimum absolute atomic E-state index is 0.0795. The van der Waals surface area contributed by atoms with E-state index >= 15 is 0 Å². The first-order chi connectivity index (χ1) is 17.1. The fourth-order valence-electron chi connectivity index (χ4n) is 4.14. The van der Waals surface area contributed by atoms with E-state index in [-0.39, 0.29) is 17.7 Å². The molecule has 184 valence electrons. The summed E-state index contributed by atoms with van der Waals surface area (Å²) in [4.78, 5) is 15.0. The second-order valence-corrected chi connectivity index (χ2v) is 9.48. The normalized spacial score (nSPS) is 16.1. The lowest BCUT2D eigenvalue weighted by Crippen LogP contribution is -2.37. The van der Waals surface area contributed by atoms with Crippen molar-refractivity contribution in [1.82, 2.24) is 20.1 Å². The second-order valence-electron chi connectivity index (χ2n) is 8.54. The Kier molecular flexibility index (Phi) is 7.10. The summed E-state index contributed by atoms with van der Waals surface area (Å²) in [6, 6.07) is 13.8. The van der Waals surface area contributed by atoms with Crippen molar-refractivity contribution in [3.8, 4) is 17.2 Å². The Morgan fingerprint density at radius 2 is 1.86 bits per heavy atom. The summed E-state index contributed by atoms with van der Waals surface area (Å²) in [5, 5.41) is 12.7. The van der Waals surface area contributed by atoms with E-state index in [4.69, 9.17) is 14.2 Å². The standard InChI is InChI=1S/C25H29N5O4S/c1-17-4-3-5-20(14-17)30-24(29-8-10-32-11-9-29)27-28-25(30)35-16-23(31)26-18(2)19-6-7-21-22(15-19)34-13-12-33-21/h3-7,14-15,18H,8-13,16H2,1-2H3,(H,26,31)/t18-/m1/s1. The van der Waals surface area contributed by atoms with Gasteiger partial charge in [-0.1, -0.05) is 30.0 Å². The highest BCUT2D eigenvalue weighted by Crippen LogP contribution is 2.33. The predicted octanol–water partition coefficient (Wildman–Crippen LogP) is 3.15. The molecule has 1 atom stereocenters. The summed E-state index contributed by atoms with van der Waals surface area (Å²) in [7, 11) is 0. The van der Waals surface area contributed by atoms with Crippen molar-refractivity contribution < 1.29 is 19.0 Å². The molecule has 0 saturated carbocycles. The van der Waals surface area contributed by atoms with Crippen LogP contribution in [0, 0.1) is 6.92 Å². The molecule has 1 saturated heterocycles. The summed E-state index contributed by atoms with van der Waals surface area (Å²) >= 11 is 1.38. The summed E-state index contributed by atoms with van der Waals surface area (Å²) in [6.45, 7) is 7.91. The fourth-order valence-corrected chi connectivity index (χ4v) is 4.90. The number of morpholine rings is 1. The number of ether oxygens (including phenoxy) is 3. The van der Waals surface area contributed by atoms with Crippen molar-refractivity contribution in [2.75, 3.05) is 50.2 Å². The predicted molar refractivity (Wildman–Crippen MR) is 134 cm³/mol. The lowest BCUT2D eigenvalue weighted by atomic mass is 10.1. The van der Waals surface area contributed by atoms with Gasteiger partial charge < -0.3 is 24.4 Å². The number of nitrogens with zero attached hydrogens (tertiary/aromatic N) is 4. The van der Waals surface area contributed by atoms with Gasteiger partial charge >= 0.3 is 0 Å². The number of aromatic nitrogens is 3. The zero-order chi connectivity index (χ0) is 24.2. The topological polar surface area (TPSA) is 90.7 Å². The van der Waals surface area contributed by atoms with Crippen molar-refractivity contribution >= 4 is 23.6 Å². The average Bonchev–Trinajstić information content (AvgIpc) is 3.32. The van der Waals surface area contributed by atoms with Gasteiger partial charge in [-0.15, -0.1) is 10.2 Å². The molecule has 2 aliphatic rings. The number of thioether (sulfide) groups is 1. The first-order valence-electron chi connectivity index (χ1n) is 11.8. The third-order valence-electron chi connectivity index (χ3n) is 5.95. The van der Waals surface area contributed by atoms with Gasteiger partial charge in [-0.2, -0.15) is 0 Å². The second kappa shape index (κ2) is 10.6. The SMILES string of the molecule is Cc1cccc(-n2c(SCC(=O)N[C@H](C)c3ccc4c(c3)OCCO4)nnc2N2CCOCC2)c1. The van der Waals surface area contributed by atoms with Crippen LogP contribution in [0.25, 0.3) is 5.69 Å². The van der Waals surface area contributed by atoms with Crippen molar-refractivity contribution in [3.05, 3.63) is 53.6 Å². The number of hydrogen-bond acceptors (Lipinski definition) is 8. The molecule has 0 radical (unpaired) electrons.